The Kier molecular flexibility index (Phi) is 3.09. The Labute approximate surface area is 58.7 Å². The first-order valence-electron chi connectivity index (χ1n) is 2.35. The van der Waals surface area contributed by atoms with Crippen LogP contribution in [0.1, 0.15) is 0 Å². The minimum atomic E-state index is -0.105. The van der Waals surface area contributed by atoms with E-state index in [4.69, 9.17) is 15.8 Å². The van der Waals surface area contributed by atoms with E-state index in [2.05, 4.69) is 6.58 Å². The largest absolute Gasteiger partial charge is 0.192 e. The van der Waals surface area contributed by atoms with Crippen molar-refractivity contribution in [2.24, 2.45) is 0 Å². The van der Waals surface area contributed by atoms with Gasteiger partial charge in [0.05, 0.1) is 6.07 Å². The second-order valence-electron chi connectivity index (χ2n) is 1.42. The van der Waals surface area contributed by atoms with Gasteiger partial charge in [0.2, 0.25) is 0 Å². The van der Waals surface area contributed by atoms with Crippen LogP contribution in [0.3, 0.4) is 0 Å². The number of hydrogen-bond acceptors (Lipinski definition) is 3. The van der Waals surface area contributed by atoms with Crippen LogP contribution in [0.4, 0.5) is 0 Å². The molecule has 0 aromatic carbocycles. The lowest BCUT2D eigenvalue weighted by atomic mass is 10.2. The molecule has 0 atom stereocenters. The summed E-state index contributed by atoms with van der Waals surface area (Å²) in [6, 6.07) is 4.90. The second kappa shape index (κ2) is 3.89. The van der Waals surface area contributed by atoms with Crippen LogP contribution in [-0.2, 0) is 0 Å². The van der Waals surface area contributed by atoms with Gasteiger partial charge in [-0.15, -0.1) is 0 Å². The number of rotatable bonds is 1. The summed E-state index contributed by atoms with van der Waals surface area (Å²) in [5, 5.41) is 24.5. The van der Waals surface area contributed by atoms with Crippen LogP contribution in [0, 0.1) is 34.0 Å². The second-order valence-corrected chi connectivity index (χ2v) is 1.42. The predicted molar refractivity (Wildman–Crippen MR) is 34.1 cm³/mol. The maximum Gasteiger partial charge on any atom is 0.130 e. The van der Waals surface area contributed by atoms with Gasteiger partial charge in [0.25, 0.3) is 0 Å². The van der Waals surface area contributed by atoms with Gasteiger partial charge in [-0.1, -0.05) is 6.58 Å². The summed E-state index contributed by atoms with van der Waals surface area (Å²) in [6.07, 6.45) is 1.14. The molecule has 3 nitrogen and oxygen atoms in total. The van der Waals surface area contributed by atoms with Crippen LogP contribution >= 0.6 is 0 Å². The maximum absolute atomic E-state index is 8.18. The van der Waals surface area contributed by atoms with Crippen LogP contribution in [0.5, 0.6) is 0 Å². The quantitative estimate of drug-likeness (QED) is 0.392. The minimum absolute atomic E-state index is 0.105. The third-order valence-corrected chi connectivity index (χ3v) is 0.703. The van der Waals surface area contributed by atoms with Crippen molar-refractivity contribution >= 4 is 0 Å². The van der Waals surface area contributed by atoms with Gasteiger partial charge in [0, 0.05) is 5.57 Å². The van der Waals surface area contributed by atoms with Crippen LogP contribution in [-0.4, -0.2) is 0 Å². The highest BCUT2D eigenvalue weighted by Crippen LogP contribution is 1.95. The molecule has 46 valence electrons. The summed E-state index contributed by atoms with van der Waals surface area (Å²) in [5.74, 6) is 0. The highest BCUT2D eigenvalue weighted by molar-refractivity contribution is 5.44. The average Bonchev–Trinajstić information content (AvgIpc) is 1.99. The first kappa shape index (κ1) is 7.95. The molecule has 0 saturated carbocycles. The zero-order valence-electron chi connectivity index (χ0n) is 5.13. The summed E-state index contributed by atoms with van der Waals surface area (Å²) in [5.41, 5.74) is 0.00431. The third-order valence-electron chi connectivity index (χ3n) is 0.703. The summed E-state index contributed by atoms with van der Waals surface area (Å²) < 4.78 is 0. The Hall–Kier alpha value is -2.05. The van der Waals surface area contributed by atoms with Gasteiger partial charge in [-0.25, -0.2) is 0 Å². The monoisotopic (exact) mass is 129 g/mol. The SMILES string of the molecule is C=C(C#N)C=C(C#N)C#N. The summed E-state index contributed by atoms with van der Waals surface area (Å²) in [7, 11) is 0. The fourth-order valence-electron chi connectivity index (χ4n) is 0.296. The van der Waals surface area contributed by atoms with E-state index in [0.29, 0.717) is 0 Å². The average molecular weight is 129 g/mol. The first-order chi connectivity index (χ1) is 4.74. The number of hydrogen-bond donors (Lipinski definition) is 0. The Morgan fingerprint density at radius 1 is 1.10 bits per heavy atom. The van der Waals surface area contributed by atoms with E-state index in [9.17, 15) is 0 Å². The zero-order chi connectivity index (χ0) is 7.98. The Morgan fingerprint density at radius 3 is 1.90 bits per heavy atom. The topological polar surface area (TPSA) is 71.4 Å². The molecule has 0 aliphatic rings. The van der Waals surface area contributed by atoms with Crippen molar-refractivity contribution in [2.45, 2.75) is 0 Å². The van der Waals surface area contributed by atoms with Crippen LogP contribution in [0.15, 0.2) is 23.8 Å². The highest BCUT2D eigenvalue weighted by Gasteiger charge is 1.91. The maximum atomic E-state index is 8.18. The van der Waals surface area contributed by atoms with Gasteiger partial charge in [0.15, 0.2) is 0 Å². The fourth-order valence-corrected chi connectivity index (χ4v) is 0.296. The molecular weight excluding hydrogens is 126 g/mol. The summed E-state index contributed by atoms with van der Waals surface area (Å²) in [6.45, 7) is 3.27. The molecule has 0 aliphatic carbocycles. The molecule has 0 bridgehead atoms. The molecule has 0 amide bonds. The molecule has 0 heterocycles. The normalized spacial score (nSPS) is 6.10. The third kappa shape index (κ3) is 2.31. The highest BCUT2D eigenvalue weighted by atomic mass is 14.3. The lowest BCUT2D eigenvalue weighted by Crippen LogP contribution is -1.73. The minimum Gasteiger partial charge on any atom is -0.192 e. The smallest absolute Gasteiger partial charge is 0.130 e. The van der Waals surface area contributed by atoms with Gasteiger partial charge >= 0.3 is 0 Å². The molecule has 3 heteroatoms. The number of nitriles is 3. The van der Waals surface area contributed by atoms with Crippen molar-refractivity contribution in [3.05, 3.63) is 23.8 Å². The molecule has 0 unspecified atom stereocenters. The van der Waals surface area contributed by atoms with Gasteiger partial charge in [-0.05, 0) is 6.08 Å². The molecule has 0 radical (unpaired) electrons. The Bertz CT molecular complexity index is 274. The Morgan fingerprint density at radius 2 is 1.60 bits per heavy atom. The number of nitrogens with zero attached hydrogens (tertiary/aromatic N) is 3. The Balaban J connectivity index is 4.53. The fraction of sp³-hybridized carbons (Fsp3) is 0. The standard InChI is InChI=1S/C7H3N3/c1-6(3-8)2-7(4-9)5-10/h2H,1H2. The van der Waals surface area contributed by atoms with E-state index in [-0.39, 0.29) is 11.1 Å². The predicted octanol–water partition coefficient (Wildman–Crippen LogP) is 1.04. The van der Waals surface area contributed by atoms with Crippen LogP contribution < -0.4 is 0 Å². The molecule has 0 spiro atoms. The molecule has 0 rings (SSSR count). The lowest BCUT2D eigenvalue weighted by Gasteiger charge is -1.78. The molecule has 0 aromatic rings. The van der Waals surface area contributed by atoms with E-state index in [1.54, 1.807) is 18.2 Å². The molecule has 0 aliphatic heterocycles. The van der Waals surface area contributed by atoms with Crippen LogP contribution in [0.2, 0.25) is 0 Å². The van der Waals surface area contributed by atoms with Crippen LogP contribution in [0.25, 0.3) is 0 Å². The molecule has 10 heavy (non-hydrogen) atoms. The molecule has 0 N–H and O–H groups in total. The van der Waals surface area contributed by atoms with Crippen molar-refractivity contribution in [1.82, 2.24) is 0 Å². The van der Waals surface area contributed by atoms with Gasteiger partial charge in [-0.3, -0.25) is 0 Å². The first-order valence-corrected chi connectivity index (χ1v) is 2.35. The molecule has 0 fully saturated rings. The van der Waals surface area contributed by atoms with E-state index in [1.165, 1.54) is 0 Å². The van der Waals surface area contributed by atoms with E-state index in [0.717, 1.165) is 6.08 Å². The van der Waals surface area contributed by atoms with Gasteiger partial charge in [0.1, 0.15) is 17.7 Å². The molecular formula is C7H3N3. The van der Waals surface area contributed by atoms with E-state index in [1.807, 2.05) is 0 Å². The van der Waals surface area contributed by atoms with E-state index < -0.39 is 0 Å². The summed E-state index contributed by atoms with van der Waals surface area (Å²) in [4.78, 5) is 0. The van der Waals surface area contributed by atoms with Crippen molar-refractivity contribution in [1.29, 1.82) is 15.8 Å². The molecule has 0 saturated heterocycles. The number of allylic oxidation sites excluding steroid dienone is 3. The van der Waals surface area contributed by atoms with E-state index >= 15 is 0 Å². The van der Waals surface area contributed by atoms with Crippen molar-refractivity contribution < 1.29 is 0 Å². The lowest BCUT2D eigenvalue weighted by molar-refractivity contribution is 1.45. The zero-order valence-corrected chi connectivity index (χ0v) is 5.13. The van der Waals surface area contributed by atoms with Gasteiger partial charge < -0.3 is 0 Å². The molecule has 0 aromatic heterocycles. The van der Waals surface area contributed by atoms with Crippen molar-refractivity contribution in [2.75, 3.05) is 0 Å². The van der Waals surface area contributed by atoms with Crippen molar-refractivity contribution in [3.63, 3.8) is 0 Å². The van der Waals surface area contributed by atoms with Crippen molar-refractivity contribution in [3.8, 4) is 18.2 Å². The van der Waals surface area contributed by atoms with Gasteiger partial charge in [-0.2, -0.15) is 15.8 Å². The summed E-state index contributed by atoms with van der Waals surface area (Å²) >= 11 is 0.